The number of ether oxygens (including phenoxy) is 2. The van der Waals surface area contributed by atoms with Crippen molar-refractivity contribution in [3.63, 3.8) is 0 Å². The van der Waals surface area contributed by atoms with Crippen molar-refractivity contribution in [2.24, 2.45) is 0 Å². The van der Waals surface area contributed by atoms with Crippen LogP contribution in [-0.4, -0.2) is 32.3 Å². The number of alkyl halides is 1. The van der Waals surface area contributed by atoms with Crippen molar-refractivity contribution >= 4 is 11.6 Å². The van der Waals surface area contributed by atoms with Crippen molar-refractivity contribution in [1.82, 2.24) is 0 Å². The van der Waals surface area contributed by atoms with Crippen LogP contribution in [0.5, 0.6) is 0 Å². The first-order valence-electron chi connectivity index (χ1n) is 3.85. The molecule has 0 aromatic heterocycles. The van der Waals surface area contributed by atoms with Crippen LogP contribution >= 0.6 is 11.6 Å². The molecule has 11 heavy (non-hydrogen) atoms. The fraction of sp³-hybridized carbons (Fsp3) is 1.00. The second-order valence-corrected chi connectivity index (χ2v) is 3.57. The number of hydrogen-bond acceptors (Lipinski definition) is 2. The quantitative estimate of drug-likeness (QED) is 0.583. The molecule has 0 radical (unpaired) electrons. The van der Waals surface area contributed by atoms with Crippen LogP contribution in [0.2, 0.25) is 0 Å². The van der Waals surface area contributed by atoms with Gasteiger partial charge in [0, 0.05) is 14.2 Å². The Morgan fingerprint density at radius 3 is 1.91 bits per heavy atom. The number of methoxy groups -OCH3 is 2. The van der Waals surface area contributed by atoms with Crippen molar-refractivity contribution < 1.29 is 9.47 Å². The smallest absolute Gasteiger partial charge is 0.0911 e. The molecule has 0 saturated carbocycles. The zero-order valence-corrected chi connectivity index (χ0v) is 8.28. The molecule has 3 heteroatoms. The van der Waals surface area contributed by atoms with E-state index in [-0.39, 0.29) is 4.87 Å². The van der Waals surface area contributed by atoms with E-state index in [1.165, 1.54) is 0 Å². The van der Waals surface area contributed by atoms with E-state index < -0.39 is 0 Å². The zero-order chi connectivity index (χ0) is 8.74. The van der Waals surface area contributed by atoms with Crippen LogP contribution < -0.4 is 0 Å². The second-order valence-electron chi connectivity index (χ2n) is 2.77. The van der Waals surface area contributed by atoms with E-state index in [2.05, 4.69) is 6.92 Å². The first-order valence-corrected chi connectivity index (χ1v) is 4.23. The highest BCUT2D eigenvalue weighted by Crippen LogP contribution is 2.22. The molecule has 0 rings (SSSR count). The van der Waals surface area contributed by atoms with Gasteiger partial charge in [0.2, 0.25) is 0 Å². The third-order valence-electron chi connectivity index (χ3n) is 1.50. The molecule has 2 nitrogen and oxygen atoms in total. The Morgan fingerprint density at radius 2 is 1.64 bits per heavy atom. The number of hydrogen-bond donors (Lipinski definition) is 0. The molecular weight excluding hydrogens is 164 g/mol. The maximum Gasteiger partial charge on any atom is 0.0911 e. The van der Waals surface area contributed by atoms with Gasteiger partial charge in [0.1, 0.15) is 0 Å². The van der Waals surface area contributed by atoms with Gasteiger partial charge in [-0.1, -0.05) is 13.3 Å². The molecule has 0 spiro atoms. The summed E-state index contributed by atoms with van der Waals surface area (Å²) in [6, 6.07) is 0. The highest BCUT2D eigenvalue weighted by atomic mass is 35.5. The molecule has 0 aliphatic carbocycles. The Morgan fingerprint density at radius 1 is 1.18 bits per heavy atom. The van der Waals surface area contributed by atoms with Crippen LogP contribution in [-0.2, 0) is 9.47 Å². The molecular formula is C8H17ClO2. The molecule has 0 N–H and O–H groups in total. The van der Waals surface area contributed by atoms with E-state index in [1.54, 1.807) is 14.2 Å². The molecule has 0 heterocycles. The second kappa shape index (κ2) is 5.81. The predicted molar refractivity (Wildman–Crippen MR) is 47.2 cm³/mol. The lowest BCUT2D eigenvalue weighted by Gasteiger charge is -2.24. The van der Waals surface area contributed by atoms with Gasteiger partial charge in [-0.25, -0.2) is 0 Å². The van der Waals surface area contributed by atoms with Crippen LogP contribution in [0.3, 0.4) is 0 Å². The maximum atomic E-state index is 6.19. The van der Waals surface area contributed by atoms with Crippen molar-refractivity contribution in [2.45, 2.75) is 24.6 Å². The number of halogens is 1. The minimum absolute atomic E-state index is 0.321. The van der Waals surface area contributed by atoms with Crippen molar-refractivity contribution in [3.05, 3.63) is 0 Å². The standard InChI is InChI=1S/C8H17ClO2/c1-4-5-8(9,6-10-2)7-11-3/h4-7H2,1-3H3. The monoisotopic (exact) mass is 180 g/mol. The minimum atomic E-state index is -0.321. The van der Waals surface area contributed by atoms with Gasteiger partial charge in [-0.3, -0.25) is 0 Å². The molecule has 0 fully saturated rings. The van der Waals surface area contributed by atoms with Gasteiger partial charge in [-0.2, -0.15) is 0 Å². The Hall–Kier alpha value is 0.210. The summed E-state index contributed by atoms with van der Waals surface area (Å²) in [5.41, 5.74) is 0. The predicted octanol–water partition coefficient (Wildman–Crippen LogP) is 2.06. The van der Waals surface area contributed by atoms with E-state index in [1.807, 2.05) is 0 Å². The summed E-state index contributed by atoms with van der Waals surface area (Å²) in [7, 11) is 3.31. The molecule has 0 aromatic carbocycles. The van der Waals surface area contributed by atoms with Crippen LogP contribution in [0.4, 0.5) is 0 Å². The van der Waals surface area contributed by atoms with Gasteiger partial charge >= 0.3 is 0 Å². The average Bonchev–Trinajstić information content (AvgIpc) is 1.88. The zero-order valence-electron chi connectivity index (χ0n) is 7.52. The van der Waals surface area contributed by atoms with Crippen molar-refractivity contribution in [2.75, 3.05) is 27.4 Å². The molecule has 0 aromatic rings. The van der Waals surface area contributed by atoms with E-state index in [0.29, 0.717) is 13.2 Å². The summed E-state index contributed by atoms with van der Waals surface area (Å²) in [5, 5.41) is 0. The molecule has 0 unspecified atom stereocenters. The van der Waals surface area contributed by atoms with Gasteiger partial charge in [-0.05, 0) is 6.42 Å². The maximum absolute atomic E-state index is 6.19. The molecule has 68 valence electrons. The summed E-state index contributed by atoms with van der Waals surface area (Å²) < 4.78 is 10.0. The first-order chi connectivity index (χ1) is 5.18. The molecule has 0 aliphatic heterocycles. The van der Waals surface area contributed by atoms with E-state index in [0.717, 1.165) is 12.8 Å². The molecule has 0 bridgehead atoms. The lowest BCUT2D eigenvalue weighted by Crippen LogP contribution is -2.32. The topological polar surface area (TPSA) is 18.5 Å². The van der Waals surface area contributed by atoms with Gasteiger partial charge in [0.25, 0.3) is 0 Å². The Kier molecular flexibility index (Phi) is 5.92. The highest BCUT2D eigenvalue weighted by Gasteiger charge is 2.25. The van der Waals surface area contributed by atoms with Gasteiger partial charge in [-0.15, -0.1) is 11.6 Å². The Bertz CT molecular complexity index is 79.1. The fourth-order valence-electron chi connectivity index (χ4n) is 1.15. The molecule has 0 aliphatic rings. The SMILES string of the molecule is CCCC(Cl)(COC)COC. The van der Waals surface area contributed by atoms with E-state index in [4.69, 9.17) is 21.1 Å². The summed E-state index contributed by atoms with van der Waals surface area (Å²) >= 11 is 6.19. The fourth-order valence-corrected chi connectivity index (χ4v) is 1.56. The lowest BCUT2D eigenvalue weighted by atomic mass is 10.1. The summed E-state index contributed by atoms with van der Waals surface area (Å²) in [6.45, 7) is 3.20. The van der Waals surface area contributed by atoms with Gasteiger partial charge in [0.05, 0.1) is 18.1 Å². The normalized spacial score (nSPS) is 12.0. The van der Waals surface area contributed by atoms with Gasteiger partial charge < -0.3 is 9.47 Å². The van der Waals surface area contributed by atoms with Crippen LogP contribution in [0, 0.1) is 0 Å². The Balaban J connectivity index is 3.79. The third kappa shape index (κ3) is 4.62. The summed E-state index contributed by atoms with van der Waals surface area (Å²) in [6.07, 6.45) is 1.98. The summed E-state index contributed by atoms with van der Waals surface area (Å²) in [4.78, 5) is -0.321. The third-order valence-corrected chi connectivity index (χ3v) is 1.91. The average molecular weight is 181 g/mol. The Labute approximate surface area is 73.8 Å². The summed E-state index contributed by atoms with van der Waals surface area (Å²) in [5.74, 6) is 0. The van der Waals surface area contributed by atoms with E-state index >= 15 is 0 Å². The van der Waals surface area contributed by atoms with Crippen molar-refractivity contribution in [1.29, 1.82) is 0 Å². The first kappa shape index (κ1) is 11.2. The molecule has 0 amide bonds. The minimum Gasteiger partial charge on any atom is -0.383 e. The van der Waals surface area contributed by atoms with E-state index in [9.17, 15) is 0 Å². The van der Waals surface area contributed by atoms with Crippen molar-refractivity contribution in [3.8, 4) is 0 Å². The van der Waals surface area contributed by atoms with Crippen LogP contribution in [0.1, 0.15) is 19.8 Å². The number of rotatable bonds is 6. The lowest BCUT2D eigenvalue weighted by molar-refractivity contribution is 0.0950. The van der Waals surface area contributed by atoms with Crippen LogP contribution in [0.25, 0.3) is 0 Å². The van der Waals surface area contributed by atoms with Crippen LogP contribution in [0.15, 0.2) is 0 Å². The highest BCUT2D eigenvalue weighted by molar-refractivity contribution is 6.24. The molecule has 0 saturated heterocycles. The molecule has 0 atom stereocenters. The largest absolute Gasteiger partial charge is 0.383 e. The van der Waals surface area contributed by atoms with Gasteiger partial charge in [0.15, 0.2) is 0 Å².